The van der Waals surface area contributed by atoms with Crippen LogP contribution >= 0.6 is 15.9 Å². The number of halogens is 2. The molecule has 2 saturated heterocycles. The van der Waals surface area contributed by atoms with Gasteiger partial charge >= 0.3 is 6.03 Å². The summed E-state index contributed by atoms with van der Waals surface area (Å²) in [5.74, 6) is 1.04. The number of aryl methyl sites for hydroxylation is 1. The molecule has 3 atom stereocenters. The monoisotopic (exact) mass is 669 g/mol. The highest BCUT2D eigenvalue weighted by molar-refractivity contribution is 9.10. The molecule has 236 valence electrons. The minimum Gasteiger partial charge on any atom is -0.341 e. The number of likely N-dealkylation sites (tertiary alicyclic amines) is 2. The van der Waals surface area contributed by atoms with Crippen LogP contribution in [0.15, 0.2) is 46.9 Å². The third kappa shape index (κ3) is 8.60. The first-order valence-corrected chi connectivity index (χ1v) is 15.9. The highest BCUT2D eigenvalue weighted by Gasteiger charge is 2.35. The van der Waals surface area contributed by atoms with Gasteiger partial charge in [-0.15, -0.1) is 5.10 Å². The standard InChI is InChI=1S/C31H41BrFN9O2/c1-39(2)20-29(43)42-12-10-28(35-31(44)34-27-15-23(14-25(32)16-27)30-36-37-38-40(30)3)24(19-42)18-41-11-4-5-22(17-41)13-21-6-8-26(33)9-7-21/h6-9,14-16,22,24,28H,4-5,10-13,17-20H2,1-3H3,(H2,34,35,44)/t22?,24-,28-/m1/s1. The molecule has 3 heterocycles. The third-order valence-electron chi connectivity index (χ3n) is 8.42. The number of tetrazole rings is 1. The predicted molar refractivity (Wildman–Crippen MR) is 170 cm³/mol. The van der Waals surface area contributed by atoms with Crippen molar-refractivity contribution in [2.75, 3.05) is 58.7 Å². The molecule has 2 aromatic carbocycles. The number of anilines is 1. The summed E-state index contributed by atoms with van der Waals surface area (Å²) in [4.78, 5) is 32.6. The normalized spacial score (nSPS) is 21.0. The zero-order valence-electron chi connectivity index (χ0n) is 25.5. The molecule has 13 heteroatoms. The Bertz CT molecular complexity index is 1430. The fraction of sp³-hybridized carbons (Fsp3) is 0.516. The van der Waals surface area contributed by atoms with Gasteiger partial charge in [0.1, 0.15) is 5.82 Å². The molecule has 44 heavy (non-hydrogen) atoms. The Morgan fingerprint density at radius 2 is 1.89 bits per heavy atom. The Labute approximate surface area is 266 Å². The highest BCUT2D eigenvalue weighted by Crippen LogP contribution is 2.27. The fourth-order valence-electron chi connectivity index (χ4n) is 6.37. The zero-order chi connectivity index (χ0) is 31.2. The van der Waals surface area contributed by atoms with Crippen LogP contribution in [0.1, 0.15) is 24.8 Å². The third-order valence-corrected chi connectivity index (χ3v) is 8.88. The maximum absolute atomic E-state index is 13.4. The second-order valence-electron chi connectivity index (χ2n) is 12.3. The van der Waals surface area contributed by atoms with Crippen LogP contribution in [-0.4, -0.2) is 106 Å². The molecule has 3 aromatic rings. The van der Waals surface area contributed by atoms with Crippen molar-refractivity contribution in [3.05, 3.63) is 58.3 Å². The van der Waals surface area contributed by atoms with Crippen LogP contribution in [0, 0.1) is 17.7 Å². The molecule has 2 fully saturated rings. The summed E-state index contributed by atoms with van der Waals surface area (Å²) >= 11 is 3.53. The van der Waals surface area contributed by atoms with Gasteiger partial charge in [-0.05, 0) is 98.6 Å². The Kier molecular flexibility index (Phi) is 10.6. The topological polar surface area (TPSA) is 112 Å². The zero-order valence-corrected chi connectivity index (χ0v) is 27.1. The lowest BCUT2D eigenvalue weighted by atomic mass is 9.88. The van der Waals surface area contributed by atoms with Gasteiger partial charge in [0, 0.05) is 60.9 Å². The Hall–Kier alpha value is -3.42. The van der Waals surface area contributed by atoms with Crippen LogP contribution in [-0.2, 0) is 18.3 Å². The van der Waals surface area contributed by atoms with Crippen LogP contribution in [0.4, 0.5) is 14.9 Å². The molecule has 1 aromatic heterocycles. The predicted octanol–water partition coefficient (Wildman–Crippen LogP) is 3.63. The minimum absolute atomic E-state index is 0.0768. The summed E-state index contributed by atoms with van der Waals surface area (Å²) in [5.41, 5.74) is 2.54. The molecule has 0 aliphatic carbocycles. The number of urea groups is 1. The van der Waals surface area contributed by atoms with E-state index in [0.717, 1.165) is 54.5 Å². The van der Waals surface area contributed by atoms with E-state index in [0.29, 0.717) is 43.5 Å². The molecule has 11 nitrogen and oxygen atoms in total. The van der Waals surface area contributed by atoms with Crippen LogP contribution in [0.5, 0.6) is 0 Å². The maximum atomic E-state index is 13.4. The van der Waals surface area contributed by atoms with Crippen LogP contribution in [0.3, 0.4) is 0 Å². The number of carbonyl (C=O) groups excluding carboxylic acids is 2. The van der Waals surface area contributed by atoms with E-state index in [1.807, 2.05) is 54.2 Å². The summed E-state index contributed by atoms with van der Waals surface area (Å²) in [6.45, 7) is 4.27. The number of piperidine rings is 2. The lowest BCUT2D eigenvalue weighted by Gasteiger charge is -2.43. The Morgan fingerprint density at radius 3 is 2.61 bits per heavy atom. The summed E-state index contributed by atoms with van der Waals surface area (Å²) in [6.07, 6.45) is 3.82. The van der Waals surface area contributed by atoms with Crippen LogP contribution in [0.25, 0.3) is 11.4 Å². The lowest BCUT2D eigenvalue weighted by molar-refractivity contribution is -0.134. The Balaban J connectivity index is 1.25. The van der Waals surface area contributed by atoms with E-state index in [-0.39, 0.29) is 29.7 Å². The van der Waals surface area contributed by atoms with E-state index in [2.05, 4.69) is 47.0 Å². The number of nitrogens with zero attached hydrogens (tertiary/aromatic N) is 7. The number of carbonyl (C=O) groups is 2. The van der Waals surface area contributed by atoms with Crippen LogP contribution in [0.2, 0.25) is 0 Å². The van der Waals surface area contributed by atoms with Crippen molar-refractivity contribution in [2.24, 2.45) is 18.9 Å². The molecule has 0 saturated carbocycles. The molecule has 3 amide bonds. The first-order chi connectivity index (χ1) is 21.1. The smallest absolute Gasteiger partial charge is 0.319 e. The Morgan fingerprint density at radius 1 is 1.09 bits per heavy atom. The molecule has 0 radical (unpaired) electrons. The second kappa shape index (κ2) is 14.6. The molecular weight excluding hydrogens is 629 g/mol. The number of benzene rings is 2. The van der Waals surface area contributed by atoms with E-state index in [4.69, 9.17) is 0 Å². The van der Waals surface area contributed by atoms with Gasteiger partial charge in [-0.1, -0.05) is 28.1 Å². The van der Waals surface area contributed by atoms with Crippen molar-refractivity contribution in [1.82, 2.24) is 40.2 Å². The summed E-state index contributed by atoms with van der Waals surface area (Å²) < 4.78 is 15.8. The molecule has 1 unspecified atom stereocenters. The second-order valence-corrected chi connectivity index (χ2v) is 13.2. The van der Waals surface area contributed by atoms with Crippen molar-refractivity contribution in [1.29, 1.82) is 0 Å². The van der Waals surface area contributed by atoms with E-state index in [1.54, 1.807) is 11.7 Å². The van der Waals surface area contributed by atoms with Crippen molar-refractivity contribution < 1.29 is 14.0 Å². The highest BCUT2D eigenvalue weighted by atomic mass is 79.9. The summed E-state index contributed by atoms with van der Waals surface area (Å²) in [5, 5.41) is 17.9. The van der Waals surface area contributed by atoms with Gasteiger partial charge in [0.15, 0.2) is 5.82 Å². The number of rotatable bonds is 9. The average molecular weight is 671 g/mol. The molecule has 2 N–H and O–H groups in total. The van der Waals surface area contributed by atoms with Gasteiger partial charge in [-0.2, -0.15) is 0 Å². The minimum atomic E-state index is -0.291. The molecule has 5 rings (SSSR count). The number of aromatic nitrogens is 4. The average Bonchev–Trinajstić information content (AvgIpc) is 3.40. The van der Waals surface area contributed by atoms with Crippen molar-refractivity contribution >= 4 is 33.6 Å². The van der Waals surface area contributed by atoms with Gasteiger partial charge in [0.2, 0.25) is 5.91 Å². The quantitative estimate of drug-likeness (QED) is 0.358. The molecule has 2 aliphatic rings. The number of nitrogens with one attached hydrogen (secondary N) is 2. The van der Waals surface area contributed by atoms with E-state index in [1.165, 1.54) is 12.1 Å². The fourth-order valence-corrected chi connectivity index (χ4v) is 6.87. The van der Waals surface area contributed by atoms with Gasteiger partial charge in [-0.25, -0.2) is 13.9 Å². The van der Waals surface area contributed by atoms with Crippen molar-refractivity contribution in [2.45, 2.75) is 31.7 Å². The van der Waals surface area contributed by atoms with Gasteiger partial charge in [0.05, 0.1) is 6.54 Å². The van der Waals surface area contributed by atoms with Gasteiger partial charge < -0.3 is 25.3 Å². The van der Waals surface area contributed by atoms with Crippen molar-refractivity contribution in [3.8, 4) is 11.4 Å². The molecular formula is C31H41BrFN9O2. The van der Waals surface area contributed by atoms with E-state index in [9.17, 15) is 14.0 Å². The number of likely N-dealkylation sites (N-methyl/N-ethyl adjacent to an activating group) is 1. The van der Waals surface area contributed by atoms with E-state index >= 15 is 0 Å². The van der Waals surface area contributed by atoms with Crippen molar-refractivity contribution in [3.63, 3.8) is 0 Å². The number of hydrogen-bond acceptors (Lipinski definition) is 7. The first kappa shape index (κ1) is 32.0. The molecule has 2 aliphatic heterocycles. The molecule has 0 spiro atoms. The van der Waals surface area contributed by atoms with E-state index < -0.39 is 0 Å². The summed E-state index contributed by atoms with van der Waals surface area (Å²) in [6, 6.07) is 12.0. The largest absolute Gasteiger partial charge is 0.341 e. The van der Waals surface area contributed by atoms with Gasteiger partial charge in [0.25, 0.3) is 0 Å². The maximum Gasteiger partial charge on any atom is 0.319 e. The first-order valence-electron chi connectivity index (χ1n) is 15.1. The number of amides is 3. The summed E-state index contributed by atoms with van der Waals surface area (Å²) in [7, 11) is 5.56. The van der Waals surface area contributed by atoms with Crippen LogP contribution < -0.4 is 10.6 Å². The molecule has 0 bridgehead atoms. The van der Waals surface area contributed by atoms with Gasteiger partial charge in [-0.3, -0.25) is 4.79 Å². The SMILES string of the molecule is CN(C)CC(=O)N1CC[C@@H](NC(=O)Nc2cc(Br)cc(-c3nnnn3C)c2)[C@H](CN2CCCC(Cc3ccc(F)cc3)C2)C1. The lowest BCUT2D eigenvalue weighted by Crippen LogP contribution is -2.57. The number of hydrogen-bond donors (Lipinski definition) is 2.